The summed E-state index contributed by atoms with van der Waals surface area (Å²) in [5.41, 5.74) is 3.03. The monoisotopic (exact) mass is 459 g/mol. The van der Waals surface area contributed by atoms with Crippen molar-refractivity contribution in [3.63, 3.8) is 0 Å². The lowest BCUT2D eigenvalue weighted by Crippen LogP contribution is -2.43. The molecule has 1 aliphatic rings. The molecule has 3 heterocycles. The normalized spacial score (nSPS) is 15.2. The van der Waals surface area contributed by atoms with Crippen LogP contribution in [0.4, 0.5) is 23.4 Å². The third-order valence-electron chi connectivity index (χ3n) is 6.20. The summed E-state index contributed by atoms with van der Waals surface area (Å²) in [6.07, 6.45) is 0.380. The van der Waals surface area contributed by atoms with E-state index in [1.807, 2.05) is 26.0 Å². The highest BCUT2D eigenvalue weighted by Crippen LogP contribution is 2.33. The quantitative estimate of drug-likeness (QED) is 0.540. The minimum absolute atomic E-state index is 0.0400. The number of nitrogens with zero attached hydrogens (tertiary/aromatic N) is 4. The molecule has 1 aliphatic heterocycles. The number of pyridine rings is 1. The predicted octanol–water partition coefficient (Wildman–Crippen LogP) is 5.07. The zero-order valence-corrected chi connectivity index (χ0v) is 18.5. The van der Waals surface area contributed by atoms with E-state index >= 15 is 0 Å². The fraction of sp³-hybridized carbons (Fsp3) is 0.375. The van der Waals surface area contributed by atoms with Gasteiger partial charge in [-0.15, -0.1) is 10.2 Å². The molecule has 1 N–H and O–H groups in total. The van der Waals surface area contributed by atoms with Gasteiger partial charge in [0.2, 0.25) is 0 Å². The van der Waals surface area contributed by atoms with Gasteiger partial charge in [-0.05, 0) is 67.6 Å². The molecule has 4 rings (SSSR count). The number of piperidine rings is 1. The van der Waals surface area contributed by atoms with Crippen molar-refractivity contribution in [2.24, 2.45) is 0 Å². The molecule has 0 radical (unpaired) electrons. The standard InChI is InChI=1S/C24H25F4N5/c1-15-16(2)23(32-31-22(15)17-5-9-29-10-6-17)33-11-7-20(8-12-33)30-14-18-3-4-19(25)13-21(18)24(26,27)28/h3-6,9-10,13,20,30H,7-8,11-12,14H2,1-2H3. The van der Waals surface area contributed by atoms with Crippen LogP contribution in [0.2, 0.25) is 0 Å². The lowest BCUT2D eigenvalue weighted by atomic mass is 10.0. The first-order valence-corrected chi connectivity index (χ1v) is 10.8. The van der Waals surface area contributed by atoms with E-state index in [4.69, 9.17) is 0 Å². The highest BCUT2D eigenvalue weighted by atomic mass is 19.4. The van der Waals surface area contributed by atoms with Crippen LogP contribution in [0, 0.1) is 19.7 Å². The summed E-state index contributed by atoms with van der Waals surface area (Å²) in [4.78, 5) is 6.21. The van der Waals surface area contributed by atoms with E-state index in [-0.39, 0.29) is 18.2 Å². The molecular weight excluding hydrogens is 434 g/mol. The highest BCUT2D eigenvalue weighted by molar-refractivity contribution is 5.66. The van der Waals surface area contributed by atoms with Gasteiger partial charge in [0, 0.05) is 43.6 Å². The molecule has 2 aromatic heterocycles. The molecule has 1 saturated heterocycles. The average Bonchev–Trinajstić information content (AvgIpc) is 2.80. The van der Waals surface area contributed by atoms with Gasteiger partial charge in [0.15, 0.2) is 5.82 Å². The van der Waals surface area contributed by atoms with Crippen molar-refractivity contribution in [3.8, 4) is 11.3 Å². The number of anilines is 1. The van der Waals surface area contributed by atoms with Gasteiger partial charge >= 0.3 is 6.18 Å². The second kappa shape index (κ2) is 9.43. The number of aromatic nitrogens is 3. The highest BCUT2D eigenvalue weighted by Gasteiger charge is 2.34. The van der Waals surface area contributed by atoms with Crippen molar-refractivity contribution < 1.29 is 17.6 Å². The van der Waals surface area contributed by atoms with Crippen molar-refractivity contribution in [3.05, 3.63) is 70.8 Å². The van der Waals surface area contributed by atoms with E-state index in [0.29, 0.717) is 6.07 Å². The number of benzene rings is 1. The fourth-order valence-corrected chi connectivity index (χ4v) is 4.19. The van der Waals surface area contributed by atoms with Crippen LogP contribution < -0.4 is 10.2 Å². The van der Waals surface area contributed by atoms with E-state index in [1.54, 1.807) is 12.4 Å². The molecule has 0 spiro atoms. The van der Waals surface area contributed by atoms with Crippen molar-refractivity contribution in [2.45, 2.75) is 45.5 Å². The Labute approximate surface area is 189 Å². The molecule has 9 heteroatoms. The summed E-state index contributed by atoms with van der Waals surface area (Å²) in [5.74, 6) is -0.0530. The molecule has 33 heavy (non-hydrogen) atoms. The van der Waals surface area contributed by atoms with Crippen LogP contribution in [-0.4, -0.2) is 34.3 Å². The van der Waals surface area contributed by atoms with Gasteiger partial charge in [0.1, 0.15) is 5.82 Å². The van der Waals surface area contributed by atoms with Crippen molar-refractivity contribution in [1.82, 2.24) is 20.5 Å². The largest absolute Gasteiger partial charge is 0.416 e. The molecule has 0 unspecified atom stereocenters. The summed E-state index contributed by atoms with van der Waals surface area (Å²) in [7, 11) is 0. The Bertz CT molecular complexity index is 1110. The van der Waals surface area contributed by atoms with Crippen LogP contribution in [0.3, 0.4) is 0 Å². The second-order valence-corrected chi connectivity index (χ2v) is 8.30. The first-order chi connectivity index (χ1) is 15.7. The summed E-state index contributed by atoms with van der Waals surface area (Å²) in [6.45, 7) is 5.53. The summed E-state index contributed by atoms with van der Waals surface area (Å²) in [6, 6.07) is 6.69. The molecular formula is C24H25F4N5. The zero-order valence-electron chi connectivity index (χ0n) is 18.5. The fourth-order valence-electron chi connectivity index (χ4n) is 4.19. The van der Waals surface area contributed by atoms with Crippen molar-refractivity contribution in [2.75, 3.05) is 18.0 Å². The summed E-state index contributed by atoms with van der Waals surface area (Å²) < 4.78 is 53.0. The molecule has 5 nitrogen and oxygen atoms in total. The Kier molecular flexibility index (Phi) is 6.60. The van der Waals surface area contributed by atoms with Crippen LogP contribution in [0.5, 0.6) is 0 Å². The molecule has 0 aliphatic carbocycles. The Morgan fingerprint density at radius 3 is 2.36 bits per heavy atom. The Balaban J connectivity index is 1.40. The van der Waals surface area contributed by atoms with Crippen molar-refractivity contribution in [1.29, 1.82) is 0 Å². The minimum atomic E-state index is -4.58. The first kappa shape index (κ1) is 23.1. The van der Waals surface area contributed by atoms with Crippen LogP contribution in [0.15, 0.2) is 42.7 Å². The Morgan fingerprint density at radius 2 is 1.70 bits per heavy atom. The molecule has 0 saturated carbocycles. The first-order valence-electron chi connectivity index (χ1n) is 10.8. The number of hydrogen-bond donors (Lipinski definition) is 1. The Morgan fingerprint density at radius 1 is 1.00 bits per heavy atom. The van der Waals surface area contributed by atoms with E-state index in [0.717, 1.165) is 60.2 Å². The summed E-state index contributed by atoms with van der Waals surface area (Å²) in [5, 5.41) is 12.1. The van der Waals surface area contributed by atoms with Gasteiger partial charge in [0.05, 0.1) is 11.3 Å². The van der Waals surface area contributed by atoms with Crippen LogP contribution >= 0.6 is 0 Å². The topological polar surface area (TPSA) is 53.9 Å². The molecule has 3 aromatic rings. The van der Waals surface area contributed by atoms with Gasteiger partial charge in [-0.3, -0.25) is 4.98 Å². The minimum Gasteiger partial charge on any atom is -0.355 e. The smallest absolute Gasteiger partial charge is 0.355 e. The van der Waals surface area contributed by atoms with E-state index < -0.39 is 17.6 Å². The maximum absolute atomic E-state index is 13.3. The number of nitrogens with one attached hydrogen (secondary N) is 1. The lowest BCUT2D eigenvalue weighted by Gasteiger charge is -2.34. The average molecular weight is 459 g/mol. The number of halogens is 4. The predicted molar refractivity (Wildman–Crippen MR) is 118 cm³/mol. The molecule has 174 valence electrons. The third-order valence-corrected chi connectivity index (χ3v) is 6.20. The van der Waals surface area contributed by atoms with Gasteiger partial charge < -0.3 is 10.2 Å². The summed E-state index contributed by atoms with van der Waals surface area (Å²) >= 11 is 0. The molecule has 1 fully saturated rings. The van der Waals surface area contributed by atoms with Gasteiger partial charge in [-0.1, -0.05) is 6.07 Å². The molecule has 0 amide bonds. The van der Waals surface area contributed by atoms with Gasteiger partial charge in [0.25, 0.3) is 0 Å². The van der Waals surface area contributed by atoms with E-state index in [9.17, 15) is 17.6 Å². The number of rotatable bonds is 5. The van der Waals surface area contributed by atoms with Crippen LogP contribution in [0.1, 0.15) is 35.1 Å². The SMILES string of the molecule is Cc1c(-c2ccncc2)nnc(N2CCC(NCc3ccc(F)cc3C(F)(F)F)CC2)c1C. The molecule has 0 bridgehead atoms. The van der Waals surface area contributed by atoms with Gasteiger partial charge in [-0.2, -0.15) is 13.2 Å². The molecule has 1 aromatic carbocycles. The number of hydrogen-bond acceptors (Lipinski definition) is 5. The third kappa shape index (κ3) is 5.13. The van der Waals surface area contributed by atoms with Gasteiger partial charge in [-0.25, -0.2) is 4.39 Å². The number of alkyl halides is 3. The van der Waals surface area contributed by atoms with Crippen LogP contribution in [0.25, 0.3) is 11.3 Å². The Hall–Kier alpha value is -3.07. The van der Waals surface area contributed by atoms with Crippen molar-refractivity contribution >= 4 is 5.82 Å². The van der Waals surface area contributed by atoms with E-state index in [1.165, 1.54) is 6.07 Å². The zero-order chi connectivity index (χ0) is 23.6. The lowest BCUT2D eigenvalue weighted by molar-refractivity contribution is -0.138. The van der Waals surface area contributed by atoms with E-state index in [2.05, 4.69) is 25.4 Å². The molecule has 0 atom stereocenters. The second-order valence-electron chi connectivity index (χ2n) is 8.30. The maximum Gasteiger partial charge on any atom is 0.416 e. The van der Waals surface area contributed by atoms with Crippen LogP contribution in [-0.2, 0) is 12.7 Å². The maximum atomic E-state index is 13.3.